The summed E-state index contributed by atoms with van der Waals surface area (Å²) in [7, 11) is 0. The van der Waals surface area contributed by atoms with Crippen LogP contribution in [0.1, 0.15) is 5.56 Å². The Bertz CT molecular complexity index is 571. The Labute approximate surface area is 121 Å². The zero-order valence-corrected chi connectivity index (χ0v) is 12.2. The fraction of sp³-hybridized carbons (Fsp3) is 0.143. The van der Waals surface area contributed by atoms with Gasteiger partial charge in [-0.2, -0.15) is 5.26 Å². The number of carbonyl (C=O) groups is 1. The van der Waals surface area contributed by atoms with E-state index in [0.29, 0.717) is 0 Å². The molecule has 19 heavy (non-hydrogen) atoms. The van der Waals surface area contributed by atoms with Crippen molar-refractivity contribution in [2.45, 2.75) is 9.79 Å². The zero-order chi connectivity index (χ0) is 14.3. The third-order valence-electron chi connectivity index (χ3n) is 2.31. The van der Waals surface area contributed by atoms with Gasteiger partial charge >= 0.3 is 5.97 Å². The Morgan fingerprint density at radius 1 is 1.32 bits per heavy atom. The molecule has 0 saturated carbocycles. The van der Waals surface area contributed by atoms with Crippen LogP contribution in [0.25, 0.3) is 6.08 Å². The number of aliphatic carboxylic acids is 1. The van der Waals surface area contributed by atoms with Gasteiger partial charge in [0.15, 0.2) is 0 Å². The fourth-order valence-corrected chi connectivity index (χ4v) is 2.86. The van der Waals surface area contributed by atoms with E-state index in [2.05, 4.69) is 0 Å². The van der Waals surface area contributed by atoms with E-state index in [4.69, 9.17) is 10.4 Å². The van der Waals surface area contributed by atoms with Gasteiger partial charge in [0.2, 0.25) is 0 Å². The molecule has 0 bridgehead atoms. The number of allylic oxidation sites excluding steroid dienone is 2. The number of benzene rings is 1. The lowest BCUT2D eigenvalue weighted by atomic mass is 10.2. The molecule has 0 saturated heterocycles. The number of thioether (sulfide) groups is 2. The van der Waals surface area contributed by atoms with Crippen LogP contribution in [-0.2, 0) is 4.79 Å². The first-order valence-electron chi connectivity index (χ1n) is 5.36. The zero-order valence-electron chi connectivity index (χ0n) is 10.6. The van der Waals surface area contributed by atoms with Crippen LogP contribution in [0.2, 0.25) is 0 Å². The average Bonchev–Trinajstić information content (AvgIpc) is 2.42. The van der Waals surface area contributed by atoms with E-state index >= 15 is 0 Å². The Balaban J connectivity index is 2.95. The minimum atomic E-state index is -1.21. The lowest BCUT2D eigenvalue weighted by Crippen LogP contribution is -1.96. The number of nitrogens with zero attached hydrogens (tertiary/aromatic N) is 1. The maximum absolute atomic E-state index is 10.6. The molecule has 0 fully saturated rings. The van der Waals surface area contributed by atoms with Gasteiger partial charge in [0.25, 0.3) is 0 Å². The molecule has 0 atom stereocenters. The summed E-state index contributed by atoms with van der Waals surface area (Å²) >= 11 is 3.35. The predicted molar refractivity (Wildman–Crippen MR) is 80.4 cm³/mol. The van der Waals surface area contributed by atoms with Gasteiger partial charge in [-0.05, 0) is 36.3 Å². The van der Waals surface area contributed by atoms with Crippen molar-refractivity contribution >= 4 is 35.6 Å². The first-order valence-corrected chi connectivity index (χ1v) is 7.81. The van der Waals surface area contributed by atoms with Crippen LogP contribution >= 0.6 is 23.5 Å². The van der Waals surface area contributed by atoms with E-state index in [1.165, 1.54) is 15.9 Å². The largest absolute Gasteiger partial charge is 0.477 e. The lowest BCUT2D eigenvalue weighted by molar-refractivity contribution is -0.132. The molecule has 5 heteroatoms. The molecule has 0 aromatic heterocycles. The highest BCUT2D eigenvalue weighted by atomic mass is 32.2. The van der Waals surface area contributed by atoms with E-state index in [1.54, 1.807) is 41.7 Å². The summed E-state index contributed by atoms with van der Waals surface area (Å²) in [6.07, 6.45) is 8.69. The summed E-state index contributed by atoms with van der Waals surface area (Å²) in [5.41, 5.74) is 0.697. The van der Waals surface area contributed by atoms with Gasteiger partial charge < -0.3 is 5.11 Å². The molecule has 1 aromatic carbocycles. The SMILES string of the molecule is CSc1ccc(C=CC=C(C#N)C(=O)O)cc1SC. The molecule has 0 unspecified atom stereocenters. The molecule has 1 rings (SSSR count). The molecule has 3 nitrogen and oxygen atoms in total. The molecule has 0 aliphatic carbocycles. The van der Waals surface area contributed by atoms with Crippen LogP contribution in [0, 0.1) is 11.3 Å². The molecular formula is C14H13NO2S2. The number of carboxylic acids is 1. The summed E-state index contributed by atoms with van der Waals surface area (Å²) in [6, 6.07) is 7.66. The Morgan fingerprint density at radius 3 is 2.53 bits per heavy atom. The quantitative estimate of drug-likeness (QED) is 0.388. The summed E-state index contributed by atoms with van der Waals surface area (Å²) in [5, 5.41) is 17.3. The standard InChI is InChI=1S/C14H13NO2S2/c1-18-12-7-6-10(8-13(12)19-2)4-3-5-11(9-15)14(16)17/h3-8H,1-2H3,(H,16,17). The fourth-order valence-electron chi connectivity index (χ4n) is 1.37. The van der Waals surface area contributed by atoms with E-state index in [-0.39, 0.29) is 5.57 Å². The highest BCUT2D eigenvalue weighted by Gasteiger charge is 2.03. The second kappa shape index (κ2) is 7.72. The van der Waals surface area contributed by atoms with Crippen molar-refractivity contribution in [3.8, 4) is 6.07 Å². The Hall–Kier alpha value is -1.64. The molecule has 0 radical (unpaired) electrons. The maximum atomic E-state index is 10.6. The molecule has 0 aliphatic rings. The first kappa shape index (κ1) is 15.4. The molecule has 0 spiro atoms. The number of carboxylic acid groups (broad SMARTS) is 1. The van der Waals surface area contributed by atoms with Crippen molar-refractivity contribution in [1.82, 2.24) is 0 Å². The first-order chi connectivity index (χ1) is 9.12. The van der Waals surface area contributed by atoms with Crippen LogP contribution in [0.5, 0.6) is 0 Å². The van der Waals surface area contributed by atoms with Gasteiger partial charge in [-0.25, -0.2) is 4.79 Å². The number of nitriles is 1. The van der Waals surface area contributed by atoms with Crippen molar-refractivity contribution in [2.75, 3.05) is 12.5 Å². The second-order valence-corrected chi connectivity index (χ2v) is 5.17. The average molecular weight is 291 g/mol. The van der Waals surface area contributed by atoms with Crippen molar-refractivity contribution in [3.05, 3.63) is 41.5 Å². The molecular weight excluding hydrogens is 278 g/mol. The molecule has 1 N–H and O–H groups in total. The van der Waals surface area contributed by atoms with Crippen LogP contribution in [0.4, 0.5) is 0 Å². The molecule has 0 heterocycles. The van der Waals surface area contributed by atoms with E-state index in [0.717, 1.165) is 5.56 Å². The van der Waals surface area contributed by atoms with Crippen LogP contribution < -0.4 is 0 Å². The third kappa shape index (κ3) is 4.51. The summed E-state index contributed by atoms with van der Waals surface area (Å²) in [5.74, 6) is -1.21. The highest BCUT2D eigenvalue weighted by molar-refractivity contribution is 8.01. The van der Waals surface area contributed by atoms with E-state index in [9.17, 15) is 4.79 Å². The number of hydrogen-bond donors (Lipinski definition) is 1. The van der Waals surface area contributed by atoms with Crippen molar-refractivity contribution < 1.29 is 9.90 Å². The highest BCUT2D eigenvalue weighted by Crippen LogP contribution is 2.29. The Kier molecular flexibility index (Phi) is 6.26. The summed E-state index contributed by atoms with van der Waals surface area (Å²) < 4.78 is 0. The van der Waals surface area contributed by atoms with Crippen LogP contribution in [-0.4, -0.2) is 23.6 Å². The number of hydrogen-bond acceptors (Lipinski definition) is 4. The van der Waals surface area contributed by atoms with E-state index in [1.807, 2.05) is 30.7 Å². The normalized spacial score (nSPS) is 11.5. The minimum absolute atomic E-state index is 0.276. The maximum Gasteiger partial charge on any atom is 0.346 e. The monoisotopic (exact) mass is 291 g/mol. The number of rotatable bonds is 5. The second-order valence-electron chi connectivity index (χ2n) is 3.47. The minimum Gasteiger partial charge on any atom is -0.477 e. The van der Waals surface area contributed by atoms with Crippen LogP contribution in [0.15, 0.2) is 45.7 Å². The smallest absolute Gasteiger partial charge is 0.346 e. The Morgan fingerprint density at radius 2 is 2.00 bits per heavy atom. The molecule has 98 valence electrons. The topological polar surface area (TPSA) is 61.1 Å². The van der Waals surface area contributed by atoms with Gasteiger partial charge in [-0.3, -0.25) is 0 Å². The lowest BCUT2D eigenvalue weighted by Gasteiger charge is -2.05. The van der Waals surface area contributed by atoms with Gasteiger partial charge in [0.1, 0.15) is 11.6 Å². The molecule has 0 aliphatic heterocycles. The van der Waals surface area contributed by atoms with E-state index < -0.39 is 5.97 Å². The van der Waals surface area contributed by atoms with Gasteiger partial charge in [0.05, 0.1) is 0 Å². The predicted octanol–water partition coefficient (Wildman–Crippen LogP) is 3.68. The molecule has 1 aromatic rings. The summed E-state index contributed by atoms with van der Waals surface area (Å²) in [6.45, 7) is 0. The van der Waals surface area contributed by atoms with Gasteiger partial charge in [-0.1, -0.05) is 18.2 Å². The van der Waals surface area contributed by atoms with Gasteiger partial charge in [0, 0.05) is 9.79 Å². The third-order valence-corrected chi connectivity index (χ3v) is 4.01. The van der Waals surface area contributed by atoms with Crippen molar-refractivity contribution in [2.24, 2.45) is 0 Å². The van der Waals surface area contributed by atoms with Gasteiger partial charge in [-0.15, -0.1) is 23.5 Å². The summed E-state index contributed by atoms with van der Waals surface area (Å²) in [4.78, 5) is 13.0. The van der Waals surface area contributed by atoms with Crippen molar-refractivity contribution in [1.29, 1.82) is 5.26 Å². The van der Waals surface area contributed by atoms with Crippen molar-refractivity contribution in [3.63, 3.8) is 0 Å². The molecule has 0 amide bonds. The van der Waals surface area contributed by atoms with Crippen LogP contribution in [0.3, 0.4) is 0 Å².